The molecule has 368 valence electrons. The van der Waals surface area contributed by atoms with E-state index in [9.17, 15) is 0 Å². The van der Waals surface area contributed by atoms with Gasteiger partial charge in [0.1, 0.15) is 11.2 Å². The molecule has 0 N–H and O–H groups in total. The lowest BCUT2D eigenvalue weighted by Crippen LogP contribution is -2.10. The van der Waals surface area contributed by atoms with Crippen LogP contribution in [0.25, 0.3) is 138 Å². The molecule has 0 saturated carbocycles. The van der Waals surface area contributed by atoms with Gasteiger partial charge in [0.15, 0.2) is 11.6 Å². The summed E-state index contributed by atoms with van der Waals surface area (Å²) in [7, 11) is 0. The fourth-order valence-electron chi connectivity index (χ4n) is 12.3. The van der Waals surface area contributed by atoms with Gasteiger partial charge < -0.3 is 9.32 Å². The van der Waals surface area contributed by atoms with Gasteiger partial charge in [0.2, 0.25) is 5.95 Å². The first-order chi connectivity index (χ1) is 39.2. The predicted octanol–water partition coefficient (Wildman–Crippen LogP) is 19.6. The fourth-order valence-corrected chi connectivity index (χ4v) is 12.3. The molecule has 79 heavy (non-hydrogen) atoms. The molecule has 0 bridgehead atoms. The van der Waals surface area contributed by atoms with Gasteiger partial charge in [0.05, 0.1) is 22.1 Å². The van der Waals surface area contributed by atoms with Crippen LogP contribution in [0.5, 0.6) is 0 Å². The zero-order chi connectivity index (χ0) is 52.0. The Bertz CT molecular complexity index is 5000. The van der Waals surface area contributed by atoms with Crippen LogP contribution in [0, 0.1) is 0 Å². The van der Waals surface area contributed by atoms with E-state index in [1.807, 2.05) is 24.3 Å². The molecule has 0 fully saturated rings. The van der Waals surface area contributed by atoms with E-state index in [-0.39, 0.29) is 0 Å². The molecule has 16 aromatic rings. The van der Waals surface area contributed by atoms with E-state index in [4.69, 9.17) is 19.4 Å². The first-order valence-corrected chi connectivity index (χ1v) is 26.8. The van der Waals surface area contributed by atoms with Gasteiger partial charge >= 0.3 is 0 Å². The standard InChI is InChI=1S/C73H45N5O/c1-5-20-46(21-6-1)48-24-19-25-50(44-48)72-74-71(47-22-7-2-8-23-47)75-73(76-72)78-64-41-38-60-57-33-14-13-31-55(57)56-32-16-18-35-59(56)67(60)68(64)69-65(78)42-39-61-62-45-49(36-43-66(62)79-70(61)69)53-37-40-63(58-34-17-15-30-54(53)58)77(51-26-9-3-10-27-51)52-28-11-4-12-29-52/h1-45H. The highest BCUT2D eigenvalue weighted by Gasteiger charge is 2.26. The summed E-state index contributed by atoms with van der Waals surface area (Å²) in [6.45, 7) is 0. The monoisotopic (exact) mass is 1010 g/mol. The van der Waals surface area contributed by atoms with E-state index in [1.165, 1.54) is 32.3 Å². The molecule has 0 unspecified atom stereocenters. The molecule has 6 heteroatoms. The number of aromatic nitrogens is 4. The van der Waals surface area contributed by atoms with E-state index in [1.54, 1.807) is 0 Å². The quantitative estimate of drug-likeness (QED) is 0.142. The molecule has 3 heterocycles. The van der Waals surface area contributed by atoms with Gasteiger partial charge in [-0.25, -0.2) is 4.98 Å². The second-order valence-corrected chi connectivity index (χ2v) is 20.2. The van der Waals surface area contributed by atoms with Crippen LogP contribution in [0.1, 0.15) is 0 Å². The van der Waals surface area contributed by atoms with Crippen LogP contribution in [0.2, 0.25) is 0 Å². The van der Waals surface area contributed by atoms with Gasteiger partial charge in [-0.1, -0.05) is 206 Å². The van der Waals surface area contributed by atoms with Crippen LogP contribution >= 0.6 is 0 Å². The molecular formula is C73H45N5O. The Morgan fingerprint density at radius 1 is 0.304 bits per heavy atom. The lowest BCUT2D eigenvalue weighted by molar-refractivity contribution is 0.673. The summed E-state index contributed by atoms with van der Waals surface area (Å²) >= 11 is 0. The van der Waals surface area contributed by atoms with Gasteiger partial charge in [0.25, 0.3) is 0 Å². The number of nitrogens with zero attached hydrogens (tertiary/aromatic N) is 5. The summed E-state index contributed by atoms with van der Waals surface area (Å²) < 4.78 is 9.50. The first kappa shape index (κ1) is 44.6. The average molecular weight is 1010 g/mol. The van der Waals surface area contributed by atoms with Gasteiger partial charge in [-0.3, -0.25) is 4.57 Å². The highest BCUT2D eigenvalue weighted by Crippen LogP contribution is 2.48. The van der Waals surface area contributed by atoms with Crippen molar-refractivity contribution in [1.82, 2.24) is 19.5 Å². The maximum Gasteiger partial charge on any atom is 0.238 e. The Morgan fingerprint density at radius 3 is 1.51 bits per heavy atom. The highest BCUT2D eigenvalue weighted by atomic mass is 16.3. The van der Waals surface area contributed by atoms with Crippen molar-refractivity contribution in [2.45, 2.75) is 0 Å². The second kappa shape index (κ2) is 18.0. The molecule has 0 radical (unpaired) electrons. The van der Waals surface area contributed by atoms with Gasteiger partial charge in [-0.2, -0.15) is 9.97 Å². The lowest BCUT2D eigenvalue weighted by atomic mass is 9.91. The topological polar surface area (TPSA) is 60.0 Å². The Hall–Kier alpha value is -10.7. The average Bonchev–Trinajstić information content (AvgIpc) is 4.12. The molecule has 0 aliphatic heterocycles. The van der Waals surface area contributed by atoms with Crippen LogP contribution in [-0.4, -0.2) is 19.5 Å². The van der Waals surface area contributed by atoms with Crippen molar-refractivity contribution < 1.29 is 4.42 Å². The third-order valence-corrected chi connectivity index (χ3v) is 15.8. The number of hydrogen-bond donors (Lipinski definition) is 0. The molecular weight excluding hydrogens is 963 g/mol. The number of rotatable bonds is 8. The number of fused-ring (bicyclic) bond motifs is 15. The third kappa shape index (κ3) is 7.16. The van der Waals surface area contributed by atoms with Gasteiger partial charge in [-0.15, -0.1) is 0 Å². The molecule has 13 aromatic carbocycles. The minimum atomic E-state index is 0.518. The van der Waals surface area contributed by atoms with Crippen molar-refractivity contribution in [2.24, 2.45) is 0 Å². The Balaban J connectivity index is 0.959. The SMILES string of the molecule is c1ccc(-c2cccc(-c3nc(-c4ccccc4)nc(-n4c5ccc6c7cc(-c8ccc(N(c9ccccc9)c9ccccc9)c9ccccc89)ccc7oc6c5c5c6c7ccccc7c7ccccc7c6ccc54)n3)c2)cc1. The maximum atomic E-state index is 7.27. The predicted molar refractivity (Wildman–Crippen MR) is 328 cm³/mol. The molecule has 0 saturated heterocycles. The zero-order valence-corrected chi connectivity index (χ0v) is 42.6. The Morgan fingerprint density at radius 2 is 0.823 bits per heavy atom. The summed E-state index contributed by atoms with van der Waals surface area (Å²) in [5.74, 6) is 1.69. The van der Waals surface area contributed by atoms with Crippen LogP contribution in [0.4, 0.5) is 17.1 Å². The number of hydrogen-bond acceptors (Lipinski definition) is 5. The fraction of sp³-hybridized carbons (Fsp3) is 0. The maximum absolute atomic E-state index is 7.27. The van der Waals surface area contributed by atoms with Crippen molar-refractivity contribution in [3.63, 3.8) is 0 Å². The van der Waals surface area contributed by atoms with Gasteiger partial charge in [-0.05, 0) is 121 Å². The summed E-state index contributed by atoms with van der Waals surface area (Å²) in [5, 5.41) is 13.6. The molecule has 0 aliphatic carbocycles. The molecule has 0 spiro atoms. The molecule has 3 aromatic heterocycles. The van der Waals surface area contributed by atoms with Crippen molar-refractivity contribution in [2.75, 3.05) is 4.90 Å². The third-order valence-electron chi connectivity index (χ3n) is 15.8. The number of para-hydroxylation sites is 2. The number of furan rings is 1. The van der Waals surface area contributed by atoms with E-state index in [2.05, 4.69) is 258 Å². The van der Waals surface area contributed by atoms with Crippen molar-refractivity contribution in [1.29, 1.82) is 0 Å². The van der Waals surface area contributed by atoms with E-state index < -0.39 is 0 Å². The van der Waals surface area contributed by atoms with Crippen molar-refractivity contribution in [3.8, 4) is 51.0 Å². The minimum Gasteiger partial charge on any atom is -0.455 e. The Labute approximate surface area is 454 Å². The van der Waals surface area contributed by atoms with Crippen LogP contribution in [0.15, 0.2) is 277 Å². The largest absolute Gasteiger partial charge is 0.455 e. The van der Waals surface area contributed by atoms with Crippen molar-refractivity contribution in [3.05, 3.63) is 273 Å². The lowest BCUT2D eigenvalue weighted by Gasteiger charge is -2.27. The summed E-state index contributed by atoms with van der Waals surface area (Å²) in [5.41, 5.74) is 13.1. The van der Waals surface area contributed by atoms with E-state index in [0.29, 0.717) is 17.6 Å². The first-order valence-electron chi connectivity index (χ1n) is 26.8. The van der Waals surface area contributed by atoms with Crippen LogP contribution in [0.3, 0.4) is 0 Å². The normalized spacial score (nSPS) is 11.8. The van der Waals surface area contributed by atoms with E-state index >= 15 is 0 Å². The summed E-state index contributed by atoms with van der Waals surface area (Å²) in [6.07, 6.45) is 0. The van der Waals surface area contributed by atoms with Crippen LogP contribution in [-0.2, 0) is 0 Å². The highest BCUT2D eigenvalue weighted by molar-refractivity contribution is 6.38. The van der Waals surface area contributed by atoms with Crippen molar-refractivity contribution >= 4 is 104 Å². The van der Waals surface area contributed by atoms with Crippen LogP contribution < -0.4 is 4.90 Å². The zero-order valence-electron chi connectivity index (χ0n) is 42.6. The molecule has 0 aliphatic rings. The summed E-state index contributed by atoms with van der Waals surface area (Å²) in [4.78, 5) is 18.4. The minimum absolute atomic E-state index is 0.518. The summed E-state index contributed by atoms with van der Waals surface area (Å²) in [6, 6.07) is 96.9. The molecule has 0 atom stereocenters. The van der Waals surface area contributed by atoms with Gasteiger partial charge in [0, 0.05) is 49.4 Å². The Kier molecular flexibility index (Phi) is 10.1. The smallest absolute Gasteiger partial charge is 0.238 e. The number of anilines is 3. The molecule has 0 amide bonds. The molecule has 16 rings (SSSR count). The van der Waals surface area contributed by atoms with E-state index in [0.717, 1.165) is 105 Å². The number of benzene rings is 13. The molecule has 6 nitrogen and oxygen atoms in total. The second-order valence-electron chi connectivity index (χ2n) is 20.2.